The summed E-state index contributed by atoms with van der Waals surface area (Å²) in [5.74, 6) is 0.0417. The number of fused-ring (bicyclic) bond motifs is 1. The van der Waals surface area contributed by atoms with E-state index in [1.807, 2.05) is 6.07 Å². The standard InChI is InChI=1S/C13H8N4O2S/c14-7-10(11-5-2-6-19-11)15-13(18)8-3-1-4-9-12(8)20-17-16-9/h1-6,10H,(H,15,18). The first kappa shape index (κ1) is 12.3. The molecule has 0 fully saturated rings. The second kappa shape index (κ2) is 5.11. The van der Waals surface area contributed by atoms with Gasteiger partial charge in [-0.3, -0.25) is 4.79 Å². The molecule has 3 rings (SSSR count). The van der Waals surface area contributed by atoms with Gasteiger partial charge in [0.2, 0.25) is 0 Å². The molecule has 1 atom stereocenters. The maximum absolute atomic E-state index is 12.3. The Morgan fingerprint density at radius 3 is 3.05 bits per heavy atom. The van der Waals surface area contributed by atoms with Crippen molar-refractivity contribution in [1.29, 1.82) is 5.26 Å². The predicted octanol–water partition coefficient (Wildman–Crippen LogP) is 2.28. The van der Waals surface area contributed by atoms with Crippen molar-refractivity contribution in [2.75, 3.05) is 0 Å². The third kappa shape index (κ3) is 2.13. The monoisotopic (exact) mass is 284 g/mol. The Kier molecular flexibility index (Phi) is 3.15. The Balaban J connectivity index is 1.90. The summed E-state index contributed by atoms with van der Waals surface area (Å²) in [7, 11) is 0. The van der Waals surface area contributed by atoms with Gasteiger partial charge in [-0.15, -0.1) is 5.10 Å². The van der Waals surface area contributed by atoms with Crippen LogP contribution in [0.3, 0.4) is 0 Å². The van der Waals surface area contributed by atoms with Gasteiger partial charge in [-0.2, -0.15) is 5.26 Å². The number of aromatic nitrogens is 2. The minimum absolute atomic E-state index is 0.357. The number of nitrogens with zero attached hydrogens (tertiary/aromatic N) is 3. The highest BCUT2D eigenvalue weighted by Gasteiger charge is 2.19. The molecular weight excluding hydrogens is 276 g/mol. The average molecular weight is 284 g/mol. The van der Waals surface area contributed by atoms with Crippen LogP contribution in [0.1, 0.15) is 22.2 Å². The highest BCUT2D eigenvalue weighted by atomic mass is 32.1. The van der Waals surface area contributed by atoms with E-state index in [4.69, 9.17) is 9.68 Å². The molecule has 2 aromatic heterocycles. The fraction of sp³-hybridized carbons (Fsp3) is 0.0769. The number of hydrogen-bond acceptors (Lipinski definition) is 6. The number of hydrogen-bond donors (Lipinski definition) is 1. The van der Waals surface area contributed by atoms with Gasteiger partial charge in [-0.25, -0.2) is 0 Å². The molecule has 20 heavy (non-hydrogen) atoms. The number of nitrogens with one attached hydrogen (secondary N) is 1. The molecule has 0 saturated heterocycles. The van der Waals surface area contributed by atoms with E-state index in [0.717, 1.165) is 11.5 Å². The predicted molar refractivity (Wildman–Crippen MR) is 71.9 cm³/mol. The minimum Gasteiger partial charge on any atom is -0.466 e. The van der Waals surface area contributed by atoms with Crippen molar-refractivity contribution in [2.45, 2.75) is 6.04 Å². The second-order valence-corrected chi connectivity index (χ2v) is 4.73. The largest absolute Gasteiger partial charge is 0.466 e. The summed E-state index contributed by atoms with van der Waals surface area (Å²) in [5.41, 5.74) is 1.11. The molecule has 6 nitrogen and oxygen atoms in total. The number of benzene rings is 1. The van der Waals surface area contributed by atoms with Crippen LogP contribution in [0.5, 0.6) is 0 Å². The Labute approximate surface area is 117 Å². The molecular formula is C13H8N4O2S. The van der Waals surface area contributed by atoms with Crippen molar-refractivity contribution in [3.05, 3.63) is 47.9 Å². The van der Waals surface area contributed by atoms with Crippen LogP contribution in [0.25, 0.3) is 10.2 Å². The van der Waals surface area contributed by atoms with Gasteiger partial charge in [0, 0.05) is 0 Å². The molecule has 0 aliphatic rings. The average Bonchev–Trinajstić information content (AvgIpc) is 3.14. The summed E-state index contributed by atoms with van der Waals surface area (Å²) in [6.07, 6.45) is 1.46. The van der Waals surface area contributed by atoms with Gasteiger partial charge in [0.05, 0.1) is 22.6 Å². The van der Waals surface area contributed by atoms with Crippen molar-refractivity contribution in [3.8, 4) is 6.07 Å². The Bertz CT molecular complexity index is 788. The van der Waals surface area contributed by atoms with Crippen LogP contribution < -0.4 is 5.32 Å². The number of carbonyl (C=O) groups is 1. The summed E-state index contributed by atoms with van der Waals surface area (Å²) in [4.78, 5) is 12.3. The van der Waals surface area contributed by atoms with Gasteiger partial charge in [0.25, 0.3) is 5.91 Å². The van der Waals surface area contributed by atoms with E-state index >= 15 is 0 Å². The van der Waals surface area contributed by atoms with Crippen LogP contribution in [0, 0.1) is 11.3 Å². The number of amides is 1. The number of carbonyl (C=O) groups excluding carboxylic acids is 1. The molecule has 2 heterocycles. The Hall–Kier alpha value is -2.72. The van der Waals surface area contributed by atoms with Crippen molar-refractivity contribution in [1.82, 2.24) is 14.9 Å². The second-order valence-electron chi connectivity index (χ2n) is 3.98. The van der Waals surface area contributed by atoms with Crippen LogP contribution in [0.4, 0.5) is 0 Å². The van der Waals surface area contributed by atoms with Crippen LogP contribution in [0.2, 0.25) is 0 Å². The van der Waals surface area contributed by atoms with Crippen molar-refractivity contribution in [2.24, 2.45) is 0 Å². The summed E-state index contributed by atoms with van der Waals surface area (Å²) < 4.78 is 9.65. The molecule has 0 spiro atoms. The quantitative estimate of drug-likeness (QED) is 0.796. The fourth-order valence-electron chi connectivity index (χ4n) is 1.81. The number of nitriles is 1. The molecule has 0 saturated carbocycles. The van der Waals surface area contributed by atoms with E-state index in [1.54, 1.807) is 30.3 Å². The van der Waals surface area contributed by atoms with Crippen LogP contribution >= 0.6 is 11.5 Å². The van der Waals surface area contributed by atoms with E-state index in [-0.39, 0.29) is 5.91 Å². The van der Waals surface area contributed by atoms with Crippen molar-refractivity contribution in [3.63, 3.8) is 0 Å². The first-order valence-corrected chi connectivity index (χ1v) is 6.52. The lowest BCUT2D eigenvalue weighted by Crippen LogP contribution is -2.27. The van der Waals surface area contributed by atoms with Gasteiger partial charge in [0.1, 0.15) is 11.3 Å². The van der Waals surface area contributed by atoms with Gasteiger partial charge in [-0.05, 0) is 35.8 Å². The normalized spacial score (nSPS) is 11.9. The van der Waals surface area contributed by atoms with E-state index in [2.05, 4.69) is 14.9 Å². The highest BCUT2D eigenvalue weighted by molar-refractivity contribution is 7.13. The lowest BCUT2D eigenvalue weighted by Gasteiger charge is -2.09. The number of rotatable bonds is 3. The maximum atomic E-state index is 12.3. The zero-order valence-corrected chi connectivity index (χ0v) is 10.9. The Morgan fingerprint density at radius 1 is 1.40 bits per heavy atom. The molecule has 0 aliphatic heterocycles. The van der Waals surface area contributed by atoms with Gasteiger partial charge < -0.3 is 9.73 Å². The smallest absolute Gasteiger partial charge is 0.254 e. The molecule has 1 amide bonds. The third-order valence-electron chi connectivity index (χ3n) is 2.75. The molecule has 3 aromatic rings. The van der Waals surface area contributed by atoms with Gasteiger partial charge in [0.15, 0.2) is 6.04 Å². The first-order valence-electron chi connectivity index (χ1n) is 5.74. The third-order valence-corrected chi connectivity index (χ3v) is 3.53. The van der Waals surface area contributed by atoms with Crippen LogP contribution in [-0.2, 0) is 0 Å². The van der Waals surface area contributed by atoms with Crippen LogP contribution in [-0.4, -0.2) is 15.5 Å². The van der Waals surface area contributed by atoms with Crippen LogP contribution in [0.15, 0.2) is 41.0 Å². The zero-order chi connectivity index (χ0) is 13.9. The van der Waals surface area contributed by atoms with E-state index < -0.39 is 6.04 Å². The van der Waals surface area contributed by atoms with Gasteiger partial charge >= 0.3 is 0 Å². The SMILES string of the molecule is N#CC(NC(=O)c1cccc2nnsc12)c1ccco1. The molecule has 1 aromatic carbocycles. The molecule has 0 aliphatic carbocycles. The summed E-state index contributed by atoms with van der Waals surface area (Å²) in [6, 6.07) is 9.66. The maximum Gasteiger partial charge on any atom is 0.254 e. The molecule has 1 N–H and O–H groups in total. The van der Waals surface area contributed by atoms with E-state index in [1.165, 1.54) is 6.26 Å². The number of furan rings is 1. The molecule has 1 unspecified atom stereocenters. The molecule has 98 valence electrons. The van der Waals surface area contributed by atoms with Crippen molar-refractivity contribution < 1.29 is 9.21 Å². The minimum atomic E-state index is -0.825. The van der Waals surface area contributed by atoms with E-state index in [0.29, 0.717) is 21.5 Å². The van der Waals surface area contributed by atoms with Crippen molar-refractivity contribution >= 4 is 27.7 Å². The summed E-state index contributed by atoms with van der Waals surface area (Å²) in [5, 5.41) is 15.7. The summed E-state index contributed by atoms with van der Waals surface area (Å²) in [6.45, 7) is 0. The molecule has 7 heteroatoms. The lowest BCUT2D eigenvalue weighted by molar-refractivity contribution is 0.0943. The zero-order valence-electron chi connectivity index (χ0n) is 10.1. The van der Waals surface area contributed by atoms with E-state index in [9.17, 15) is 4.79 Å². The Morgan fingerprint density at radius 2 is 2.30 bits per heavy atom. The fourth-order valence-corrected chi connectivity index (χ4v) is 2.49. The first-order chi connectivity index (χ1) is 9.79. The topological polar surface area (TPSA) is 91.8 Å². The lowest BCUT2D eigenvalue weighted by atomic mass is 10.1. The molecule has 0 bridgehead atoms. The van der Waals surface area contributed by atoms with Gasteiger partial charge in [-0.1, -0.05) is 10.6 Å². The highest BCUT2D eigenvalue weighted by Crippen LogP contribution is 2.21. The molecule has 0 radical (unpaired) electrons. The summed E-state index contributed by atoms with van der Waals surface area (Å²) >= 11 is 1.15.